The minimum Gasteiger partial charge on any atom is -0.345 e. The Morgan fingerprint density at radius 1 is 0.973 bits per heavy atom. The molecule has 37 heavy (non-hydrogen) atoms. The second-order valence-corrected chi connectivity index (χ2v) is 9.18. The second kappa shape index (κ2) is 12.1. The number of pyridine rings is 1. The topological polar surface area (TPSA) is 48.5 Å². The number of rotatable bonds is 7. The summed E-state index contributed by atoms with van der Waals surface area (Å²) in [5.74, 6) is -0.148. The van der Waals surface area contributed by atoms with Crippen molar-refractivity contribution in [1.82, 2.24) is 15.2 Å². The summed E-state index contributed by atoms with van der Waals surface area (Å²) in [4.78, 5) is 21.4. The van der Waals surface area contributed by atoms with E-state index in [1.54, 1.807) is 18.5 Å². The van der Waals surface area contributed by atoms with E-state index in [9.17, 15) is 18.0 Å². The Morgan fingerprint density at radius 3 is 2.32 bits per heavy atom. The van der Waals surface area contributed by atoms with Crippen molar-refractivity contribution in [2.75, 3.05) is 25.0 Å². The molecule has 4 rings (SSSR count). The van der Waals surface area contributed by atoms with E-state index >= 15 is 0 Å². The van der Waals surface area contributed by atoms with Crippen LogP contribution >= 0.6 is 0 Å². The summed E-state index contributed by atoms with van der Waals surface area (Å²) < 4.78 is 38.6. The molecule has 1 aliphatic rings. The van der Waals surface area contributed by atoms with Crippen LogP contribution in [-0.2, 0) is 17.5 Å². The predicted molar refractivity (Wildman–Crippen MR) is 140 cm³/mol. The Morgan fingerprint density at radius 2 is 1.65 bits per heavy atom. The molecule has 1 aromatic heterocycles. The van der Waals surface area contributed by atoms with Gasteiger partial charge in [0.1, 0.15) is 0 Å². The van der Waals surface area contributed by atoms with Gasteiger partial charge in [0, 0.05) is 49.5 Å². The van der Waals surface area contributed by atoms with E-state index in [-0.39, 0.29) is 11.9 Å². The maximum Gasteiger partial charge on any atom is 0.416 e. The van der Waals surface area contributed by atoms with Gasteiger partial charge in [-0.25, -0.2) is 0 Å². The lowest BCUT2D eigenvalue weighted by molar-refractivity contribution is -0.137. The number of anilines is 2. The Hall–Kier alpha value is -3.65. The van der Waals surface area contributed by atoms with Crippen molar-refractivity contribution in [2.24, 2.45) is 0 Å². The van der Waals surface area contributed by atoms with E-state index in [0.29, 0.717) is 12.1 Å². The molecule has 1 N–H and O–H groups in total. The van der Waals surface area contributed by atoms with Gasteiger partial charge in [0.15, 0.2) is 0 Å². The third-order valence-corrected chi connectivity index (χ3v) is 6.65. The van der Waals surface area contributed by atoms with Crippen LogP contribution in [0.1, 0.15) is 36.0 Å². The number of carbonyl (C=O) groups excluding carboxylic acids is 1. The number of benzene rings is 2. The Labute approximate surface area is 215 Å². The van der Waals surface area contributed by atoms with Crippen LogP contribution in [0.4, 0.5) is 24.5 Å². The molecule has 1 fully saturated rings. The van der Waals surface area contributed by atoms with Crippen molar-refractivity contribution < 1.29 is 18.0 Å². The number of alkyl halides is 3. The van der Waals surface area contributed by atoms with Crippen LogP contribution in [0.3, 0.4) is 0 Å². The molecule has 0 bridgehead atoms. The highest BCUT2D eigenvalue weighted by atomic mass is 19.4. The van der Waals surface area contributed by atoms with Gasteiger partial charge in [0.05, 0.1) is 5.56 Å². The van der Waals surface area contributed by atoms with E-state index < -0.39 is 11.7 Å². The number of hydrogen-bond donors (Lipinski definition) is 1. The van der Waals surface area contributed by atoms with Crippen molar-refractivity contribution in [1.29, 1.82) is 0 Å². The lowest BCUT2D eigenvalue weighted by Gasteiger charge is -2.30. The fraction of sp³-hybridized carbons (Fsp3) is 0.310. The van der Waals surface area contributed by atoms with Crippen molar-refractivity contribution in [2.45, 2.75) is 38.0 Å². The molecular weight excluding hydrogens is 477 g/mol. The number of nitrogens with one attached hydrogen (secondary N) is 1. The molecule has 2 heterocycles. The average Bonchev–Trinajstić information content (AvgIpc) is 3.20. The van der Waals surface area contributed by atoms with Crippen LogP contribution in [-0.4, -0.2) is 42.0 Å². The molecule has 3 aromatic rings. The van der Waals surface area contributed by atoms with Gasteiger partial charge in [-0.3, -0.25) is 9.78 Å². The molecule has 1 atom stereocenters. The van der Waals surface area contributed by atoms with Crippen LogP contribution in [0.2, 0.25) is 0 Å². The van der Waals surface area contributed by atoms with Crippen LogP contribution in [0, 0.1) is 0 Å². The standard InChI is InChI=1S/C29H31F3N4O/c1-35(26-14-18-34-19-15-26)25-11-6-23(7-12-25)21-36(27-3-2-17-33-20-16-27)28(37)13-8-22-4-9-24(10-5-22)29(30,31)32/h4-15,18-19,27,33H,2-3,16-17,20-21H2,1H3/b13-8+. The molecule has 2 aromatic carbocycles. The van der Waals surface area contributed by atoms with Gasteiger partial charge < -0.3 is 15.1 Å². The summed E-state index contributed by atoms with van der Waals surface area (Å²) in [5.41, 5.74) is 2.90. The minimum atomic E-state index is -4.38. The maximum absolute atomic E-state index is 13.3. The highest BCUT2D eigenvalue weighted by molar-refractivity contribution is 5.92. The van der Waals surface area contributed by atoms with Crippen LogP contribution in [0.5, 0.6) is 0 Å². The summed E-state index contributed by atoms with van der Waals surface area (Å²) in [6.45, 7) is 2.22. The third kappa shape index (κ3) is 7.20. The Bertz CT molecular complexity index is 1170. The molecule has 0 aliphatic carbocycles. The van der Waals surface area contributed by atoms with Gasteiger partial charge in [-0.2, -0.15) is 13.2 Å². The molecule has 5 nitrogen and oxygen atoms in total. The van der Waals surface area contributed by atoms with Crippen molar-refractivity contribution in [3.63, 3.8) is 0 Å². The van der Waals surface area contributed by atoms with Crippen LogP contribution in [0.15, 0.2) is 79.1 Å². The number of amides is 1. The first kappa shape index (κ1) is 26.4. The summed E-state index contributed by atoms with van der Waals surface area (Å²) in [6, 6.07) is 16.9. The number of aromatic nitrogens is 1. The molecule has 0 radical (unpaired) electrons. The number of nitrogens with zero attached hydrogens (tertiary/aromatic N) is 3. The van der Waals surface area contributed by atoms with Crippen molar-refractivity contribution in [3.8, 4) is 0 Å². The van der Waals surface area contributed by atoms with Crippen LogP contribution < -0.4 is 10.2 Å². The van der Waals surface area contributed by atoms with Gasteiger partial charge in [-0.05, 0) is 86.0 Å². The van der Waals surface area contributed by atoms with E-state index in [2.05, 4.69) is 15.2 Å². The van der Waals surface area contributed by atoms with Gasteiger partial charge in [0.2, 0.25) is 5.91 Å². The lowest BCUT2D eigenvalue weighted by atomic mass is 10.0. The van der Waals surface area contributed by atoms with E-state index in [0.717, 1.165) is 61.4 Å². The first-order chi connectivity index (χ1) is 17.8. The highest BCUT2D eigenvalue weighted by Crippen LogP contribution is 2.29. The van der Waals surface area contributed by atoms with Crippen molar-refractivity contribution >= 4 is 23.4 Å². The van der Waals surface area contributed by atoms with E-state index in [4.69, 9.17) is 0 Å². The quantitative estimate of drug-likeness (QED) is 0.395. The number of carbonyl (C=O) groups is 1. The lowest BCUT2D eigenvalue weighted by Crippen LogP contribution is -2.39. The smallest absolute Gasteiger partial charge is 0.345 e. The number of hydrogen-bond acceptors (Lipinski definition) is 4. The minimum absolute atomic E-state index is 0.0823. The highest BCUT2D eigenvalue weighted by Gasteiger charge is 2.30. The monoisotopic (exact) mass is 508 g/mol. The zero-order valence-corrected chi connectivity index (χ0v) is 20.8. The number of halogens is 3. The second-order valence-electron chi connectivity index (χ2n) is 9.18. The predicted octanol–water partition coefficient (Wildman–Crippen LogP) is 6.05. The van der Waals surface area contributed by atoms with Gasteiger partial charge in [0.25, 0.3) is 0 Å². The Balaban J connectivity index is 1.50. The first-order valence-electron chi connectivity index (χ1n) is 12.4. The molecule has 0 saturated carbocycles. The zero-order chi connectivity index (χ0) is 26.3. The summed E-state index contributed by atoms with van der Waals surface area (Å²) in [5, 5.41) is 3.39. The Kier molecular flexibility index (Phi) is 8.61. The molecule has 0 spiro atoms. The van der Waals surface area contributed by atoms with Gasteiger partial charge in [-0.1, -0.05) is 24.3 Å². The normalized spacial score (nSPS) is 16.4. The fourth-order valence-corrected chi connectivity index (χ4v) is 4.48. The average molecular weight is 509 g/mol. The summed E-state index contributed by atoms with van der Waals surface area (Å²) >= 11 is 0. The van der Waals surface area contributed by atoms with Crippen LogP contribution in [0.25, 0.3) is 6.08 Å². The largest absolute Gasteiger partial charge is 0.416 e. The van der Waals surface area contributed by atoms with Gasteiger partial charge in [-0.15, -0.1) is 0 Å². The molecular formula is C29H31F3N4O. The van der Waals surface area contributed by atoms with E-state index in [1.165, 1.54) is 18.2 Å². The fourth-order valence-electron chi connectivity index (χ4n) is 4.48. The zero-order valence-electron chi connectivity index (χ0n) is 20.8. The molecule has 1 aliphatic heterocycles. The summed E-state index contributed by atoms with van der Waals surface area (Å²) in [7, 11) is 1.99. The molecule has 1 amide bonds. The SMILES string of the molecule is CN(c1ccncc1)c1ccc(CN(C(=O)/C=C/c2ccc(C(F)(F)F)cc2)C2CCCNCC2)cc1. The molecule has 8 heteroatoms. The van der Waals surface area contributed by atoms with Gasteiger partial charge >= 0.3 is 6.18 Å². The molecule has 1 saturated heterocycles. The van der Waals surface area contributed by atoms with Crippen molar-refractivity contribution in [3.05, 3.63) is 95.8 Å². The third-order valence-electron chi connectivity index (χ3n) is 6.65. The molecule has 194 valence electrons. The molecule has 1 unspecified atom stereocenters. The first-order valence-corrected chi connectivity index (χ1v) is 12.4. The summed E-state index contributed by atoms with van der Waals surface area (Å²) in [6.07, 6.45) is 4.90. The van der Waals surface area contributed by atoms with E-state index in [1.807, 2.05) is 48.3 Å². The maximum atomic E-state index is 13.3.